The van der Waals surface area contributed by atoms with Crippen LogP contribution in [0.3, 0.4) is 0 Å². The van der Waals surface area contributed by atoms with Crippen LogP contribution in [-0.2, 0) is 14.3 Å². The van der Waals surface area contributed by atoms with Gasteiger partial charge in [-0.25, -0.2) is 4.79 Å². The number of nitrogens with zero attached hydrogens (tertiary/aromatic N) is 1. The minimum absolute atomic E-state index is 0.115. The van der Waals surface area contributed by atoms with E-state index in [0.29, 0.717) is 11.3 Å². The summed E-state index contributed by atoms with van der Waals surface area (Å²) in [5.41, 5.74) is 2.91. The van der Waals surface area contributed by atoms with Gasteiger partial charge in [0.15, 0.2) is 18.1 Å². The molecule has 30 heavy (non-hydrogen) atoms. The van der Waals surface area contributed by atoms with Crippen LogP contribution < -0.4 is 14.8 Å². The summed E-state index contributed by atoms with van der Waals surface area (Å²) < 4.78 is 15.1. The van der Waals surface area contributed by atoms with Crippen molar-refractivity contribution in [2.24, 2.45) is 0 Å². The number of nitriles is 1. The van der Waals surface area contributed by atoms with Crippen LogP contribution >= 0.6 is 11.6 Å². The molecule has 156 valence electrons. The standard InChI is InChI=1S/C22H21ClN2O5/c1-13-5-6-18(14(2)7-13)25-22(27)16(11-24)8-15-9-17(23)21(19(10-15)28-3)30-12-20(26)29-4/h5-10H,12H2,1-4H3,(H,25,27)/b16-8+. The van der Waals surface area contributed by atoms with Crippen LogP contribution in [0.2, 0.25) is 5.02 Å². The quantitative estimate of drug-likeness (QED) is 0.405. The molecule has 1 amide bonds. The Bertz CT molecular complexity index is 1040. The molecule has 2 aromatic carbocycles. The number of carbonyl (C=O) groups is 2. The van der Waals surface area contributed by atoms with Crippen LogP contribution in [0.1, 0.15) is 16.7 Å². The van der Waals surface area contributed by atoms with Gasteiger partial charge in [-0.15, -0.1) is 0 Å². The van der Waals surface area contributed by atoms with Crippen molar-refractivity contribution < 1.29 is 23.8 Å². The number of hydrogen-bond acceptors (Lipinski definition) is 6. The summed E-state index contributed by atoms with van der Waals surface area (Å²) in [6.07, 6.45) is 1.39. The van der Waals surface area contributed by atoms with Crippen molar-refractivity contribution in [1.82, 2.24) is 0 Å². The monoisotopic (exact) mass is 428 g/mol. The molecule has 0 unspecified atom stereocenters. The first-order chi connectivity index (χ1) is 14.3. The normalized spacial score (nSPS) is 10.7. The van der Waals surface area contributed by atoms with Gasteiger partial charge < -0.3 is 19.5 Å². The fourth-order valence-corrected chi connectivity index (χ4v) is 2.89. The molecule has 0 aromatic heterocycles. The highest BCUT2D eigenvalue weighted by Gasteiger charge is 2.16. The lowest BCUT2D eigenvalue weighted by Crippen LogP contribution is -2.14. The number of amides is 1. The van der Waals surface area contributed by atoms with E-state index in [0.717, 1.165) is 11.1 Å². The summed E-state index contributed by atoms with van der Waals surface area (Å²) in [6.45, 7) is 3.48. The zero-order chi connectivity index (χ0) is 22.3. The third-order valence-electron chi connectivity index (χ3n) is 4.12. The van der Waals surface area contributed by atoms with Gasteiger partial charge >= 0.3 is 5.97 Å². The first-order valence-electron chi connectivity index (χ1n) is 8.86. The van der Waals surface area contributed by atoms with E-state index < -0.39 is 11.9 Å². The second-order valence-corrected chi connectivity index (χ2v) is 6.75. The molecule has 0 aliphatic carbocycles. The van der Waals surface area contributed by atoms with E-state index in [-0.39, 0.29) is 28.7 Å². The Labute approximate surface area is 179 Å². The van der Waals surface area contributed by atoms with Gasteiger partial charge in [0.25, 0.3) is 5.91 Å². The topological polar surface area (TPSA) is 97.7 Å². The van der Waals surface area contributed by atoms with Gasteiger partial charge in [0.1, 0.15) is 11.6 Å². The number of anilines is 1. The van der Waals surface area contributed by atoms with E-state index in [2.05, 4.69) is 10.1 Å². The lowest BCUT2D eigenvalue weighted by Gasteiger charge is -2.13. The average Bonchev–Trinajstić information content (AvgIpc) is 2.72. The zero-order valence-corrected chi connectivity index (χ0v) is 17.8. The Morgan fingerprint density at radius 3 is 2.53 bits per heavy atom. The summed E-state index contributed by atoms with van der Waals surface area (Å²) in [5, 5.41) is 12.3. The molecule has 2 aromatic rings. The maximum absolute atomic E-state index is 12.6. The fourth-order valence-electron chi connectivity index (χ4n) is 2.61. The molecule has 2 rings (SSSR count). The van der Waals surface area contributed by atoms with E-state index in [1.54, 1.807) is 12.1 Å². The van der Waals surface area contributed by atoms with Crippen molar-refractivity contribution in [3.05, 3.63) is 57.6 Å². The minimum atomic E-state index is -0.577. The van der Waals surface area contributed by atoms with Gasteiger partial charge in [0, 0.05) is 5.69 Å². The smallest absolute Gasteiger partial charge is 0.343 e. The van der Waals surface area contributed by atoms with Gasteiger partial charge in [-0.3, -0.25) is 4.79 Å². The van der Waals surface area contributed by atoms with Crippen LogP contribution in [0, 0.1) is 25.2 Å². The Kier molecular flexibility index (Phi) is 7.84. The van der Waals surface area contributed by atoms with Crippen molar-refractivity contribution in [2.75, 3.05) is 26.1 Å². The third-order valence-corrected chi connectivity index (χ3v) is 4.40. The molecule has 0 saturated carbocycles. The van der Waals surface area contributed by atoms with Gasteiger partial charge in [-0.2, -0.15) is 5.26 Å². The number of ether oxygens (including phenoxy) is 3. The molecule has 0 spiro atoms. The summed E-state index contributed by atoms with van der Waals surface area (Å²) in [6, 6.07) is 10.5. The van der Waals surface area contributed by atoms with Crippen LogP contribution in [0.25, 0.3) is 6.08 Å². The molecule has 7 nitrogen and oxygen atoms in total. The first kappa shape index (κ1) is 22.8. The minimum Gasteiger partial charge on any atom is -0.493 e. The van der Waals surface area contributed by atoms with Gasteiger partial charge in [-0.1, -0.05) is 29.3 Å². The van der Waals surface area contributed by atoms with Crippen molar-refractivity contribution in [2.45, 2.75) is 13.8 Å². The lowest BCUT2D eigenvalue weighted by molar-refractivity contribution is -0.142. The molecule has 0 radical (unpaired) electrons. The number of esters is 1. The number of nitrogens with one attached hydrogen (secondary N) is 1. The number of benzene rings is 2. The Balaban J connectivity index is 2.30. The molecule has 0 bridgehead atoms. The van der Waals surface area contributed by atoms with Crippen molar-refractivity contribution in [1.29, 1.82) is 5.26 Å². The maximum Gasteiger partial charge on any atom is 0.343 e. The number of halogens is 1. The molecular formula is C22H21ClN2O5. The Morgan fingerprint density at radius 1 is 1.20 bits per heavy atom. The second kappa shape index (κ2) is 10.3. The molecule has 0 saturated heterocycles. The molecule has 1 N–H and O–H groups in total. The second-order valence-electron chi connectivity index (χ2n) is 6.34. The number of rotatable bonds is 7. The van der Waals surface area contributed by atoms with Crippen molar-refractivity contribution in [3.63, 3.8) is 0 Å². The molecule has 0 aliphatic rings. The summed E-state index contributed by atoms with van der Waals surface area (Å²) in [4.78, 5) is 23.9. The Hall–Kier alpha value is -3.50. The van der Waals surface area contributed by atoms with Crippen molar-refractivity contribution in [3.8, 4) is 17.6 Å². The predicted octanol–water partition coefficient (Wildman–Crippen LogP) is 4.06. The largest absolute Gasteiger partial charge is 0.493 e. The van der Waals surface area contributed by atoms with Crippen LogP contribution in [-0.4, -0.2) is 32.7 Å². The lowest BCUT2D eigenvalue weighted by atomic mass is 10.1. The SMILES string of the molecule is COC(=O)COc1c(Cl)cc(/C=C(\C#N)C(=O)Nc2ccc(C)cc2C)cc1OC. The number of carbonyl (C=O) groups excluding carboxylic acids is 2. The predicted molar refractivity (Wildman–Crippen MR) is 114 cm³/mol. The fraction of sp³-hybridized carbons (Fsp3) is 0.227. The number of methoxy groups -OCH3 is 2. The van der Waals surface area contributed by atoms with Crippen LogP contribution in [0.5, 0.6) is 11.5 Å². The van der Waals surface area contributed by atoms with E-state index in [9.17, 15) is 14.9 Å². The highest BCUT2D eigenvalue weighted by molar-refractivity contribution is 6.32. The number of aryl methyl sites for hydroxylation is 2. The Morgan fingerprint density at radius 2 is 1.93 bits per heavy atom. The molecule has 8 heteroatoms. The summed E-state index contributed by atoms with van der Waals surface area (Å²) in [7, 11) is 2.65. The van der Waals surface area contributed by atoms with E-state index in [1.807, 2.05) is 32.0 Å². The van der Waals surface area contributed by atoms with Crippen LogP contribution in [0.4, 0.5) is 5.69 Å². The molecule has 0 fully saturated rings. The highest BCUT2D eigenvalue weighted by atomic mass is 35.5. The highest BCUT2D eigenvalue weighted by Crippen LogP contribution is 2.37. The van der Waals surface area contributed by atoms with E-state index >= 15 is 0 Å². The third kappa shape index (κ3) is 5.75. The zero-order valence-electron chi connectivity index (χ0n) is 17.0. The number of hydrogen-bond donors (Lipinski definition) is 1. The molecule has 0 heterocycles. The molecule has 0 aliphatic heterocycles. The van der Waals surface area contributed by atoms with Gasteiger partial charge in [-0.05, 0) is 49.2 Å². The molecule has 0 atom stereocenters. The van der Waals surface area contributed by atoms with E-state index in [4.69, 9.17) is 21.1 Å². The van der Waals surface area contributed by atoms with Crippen molar-refractivity contribution >= 4 is 35.2 Å². The average molecular weight is 429 g/mol. The van der Waals surface area contributed by atoms with E-state index in [1.165, 1.54) is 26.4 Å². The van der Waals surface area contributed by atoms with Gasteiger partial charge in [0.2, 0.25) is 0 Å². The first-order valence-corrected chi connectivity index (χ1v) is 9.24. The molecular weight excluding hydrogens is 408 g/mol. The summed E-state index contributed by atoms with van der Waals surface area (Å²) in [5.74, 6) is -0.734. The van der Waals surface area contributed by atoms with Crippen LogP contribution in [0.15, 0.2) is 35.9 Å². The summed E-state index contributed by atoms with van der Waals surface area (Å²) >= 11 is 6.24. The maximum atomic E-state index is 12.6. The van der Waals surface area contributed by atoms with Gasteiger partial charge in [0.05, 0.1) is 19.2 Å².